The van der Waals surface area contributed by atoms with Gasteiger partial charge < -0.3 is 5.11 Å². The van der Waals surface area contributed by atoms with E-state index in [1.807, 2.05) is 24.3 Å². The second-order valence-corrected chi connectivity index (χ2v) is 5.33. The maximum atomic E-state index is 11.2. The van der Waals surface area contributed by atoms with Gasteiger partial charge in [-0.15, -0.1) is 11.6 Å². The third kappa shape index (κ3) is 3.22. The van der Waals surface area contributed by atoms with Crippen molar-refractivity contribution in [3.63, 3.8) is 0 Å². The number of hydrogen-bond donors (Lipinski definition) is 1. The van der Waals surface area contributed by atoms with Crippen LogP contribution in [0.2, 0.25) is 0 Å². The predicted molar refractivity (Wildman–Crippen MR) is 70.7 cm³/mol. The molecule has 2 nitrogen and oxygen atoms in total. The quantitative estimate of drug-likeness (QED) is 0.817. The first kappa shape index (κ1) is 14.0. The zero-order chi connectivity index (χ0) is 13.1. The highest BCUT2D eigenvalue weighted by molar-refractivity contribution is 6.20. The average Bonchev–Trinajstić information content (AvgIpc) is 2.28. The van der Waals surface area contributed by atoms with E-state index in [0.717, 1.165) is 12.0 Å². The van der Waals surface area contributed by atoms with Crippen molar-refractivity contribution in [3.05, 3.63) is 35.4 Å². The van der Waals surface area contributed by atoms with Crippen LogP contribution in [0.3, 0.4) is 0 Å². The van der Waals surface area contributed by atoms with Crippen LogP contribution in [0.15, 0.2) is 24.3 Å². The molecule has 0 fully saturated rings. The molecule has 3 heteroatoms. The lowest BCUT2D eigenvalue weighted by atomic mass is 9.84. The summed E-state index contributed by atoms with van der Waals surface area (Å²) in [6.07, 6.45) is 1.00. The molecule has 0 aliphatic heterocycles. The molecule has 0 aliphatic rings. The van der Waals surface area contributed by atoms with Crippen molar-refractivity contribution in [2.24, 2.45) is 5.92 Å². The summed E-state index contributed by atoms with van der Waals surface area (Å²) in [6, 6.07) is 7.72. The molecule has 1 rings (SSSR count). The zero-order valence-corrected chi connectivity index (χ0v) is 11.3. The second kappa shape index (κ2) is 5.54. The smallest absolute Gasteiger partial charge is 0.315 e. The fourth-order valence-electron chi connectivity index (χ4n) is 1.74. The Morgan fingerprint density at radius 2 is 1.88 bits per heavy atom. The first-order valence-electron chi connectivity index (χ1n) is 5.79. The minimum Gasteiger partial charge on any atom is -0.481 e. The molecule has 0 spiro atoms. The Morgan fingerprint density at radius 3 is 2.24 bits per heavy atom. The van der Waals surface area contributed by atoms with Gasteiger partial charge in [0.15, 0.2) is 0 Å². The van der Waals surface area contributed by atoms with Gasteiger partial charge in [-0.3, -0.25) is 4.79 Å². The normalized spacial score (nSPS) is 14.6. The first-order valence-corrected chi connectivity index (χ1v) is 6.32. The van der Waals surface area contributed by atoms with Crippen LogP contribution in [0.1, 0.15) is 31.9 Å². The van der Waals surface area contributed by atoms with Crippen molar-refractivity contribution in [3.8, 4) is 0 Å². The van der Waals surface area contributed by atoms with Crippen LogP contribution < -0.4 is 0 Å². The number of carboxylic acids is 1. The number of alkyl halides is 1. The third-order valence-corrected chi connectivity index (χ3v) is 3.51. The van der Waals surface area contributed by atoms with E-state index in [1.165, 1.54) is 5.56 Å². The van der Waals surface area contributed by atoms with E-state index in [-0.39, 0.29) is 5.88 Å². The molecule has 0 aromatic heterocycles. The molecular formula is C14H19ClO2. The molecule has 94 valence electrons. The third-order valence-electron chi connectivity index (χ3n) is 2.97. The monoisotopic (exact) mass is 254 g/mol. The molecule has 1 aromatic rings. The number of halogens is 1. The Labute approximate surface area is 108 Å². The number of benzene rings is 1. The second-order valence-electron chi connectivity index (χ2n) is 5.07. The summed E-state index contributed by atoms with van der Waals surface area (Å²) >= 11 is 5.78. The molecule has 0 heterocycles. The van der Waals surface area contributed by atoms with Gasteiger partial charge in [-0.2, -0.15) is 0 Å². The number of aliphatic carboxylic acids is 1. The SMILES string of the molecule is CC(C)Cc1ccc(C(C)(CCl)C(=O)O)cc1. The Kier molecular flexibility index (Phi) is 4.58. The lowest BCUT2D eigenvalue weighted by Gasteiger charge is -2.22. The largest absolute Gasteiger partial charge is 0.481 e. The highest BCUT2D eigenvalue weighted by Gasteiger charge is 2.34. The summed E-state index contributed by atoms with van der Waals surface area (Å²) in [4.78, 5) is 11.2. The van der Waals surface area contributed by atoms with Crippen LogP contribution in [-0.2, 0) is 16.6 Å². The molecule has 1 N–H and O–H groups in total. The van der Waals surface area contributed by atoms with E-state index in [4.69, 9.17) is 11.6 Å². The van der Waals surface area contributed by atoms with Crippen molar-refractivity contribution in [1.82, 2.24) is 0 Å². The Balaban J connectivity index is 2.97. The first-order chi connectivity index (χ1) is 7.90. The summed E-state index contributed by atoms with van der Waals surface area (Å²) in [7, 11) is 0. The van der Waals surface area contributed by atoms with E-state index in [2.05, 4.69) is 13.8 Å². The van der Waals surface area contributed by atoms with Gasteiger partial charge in [-0.05, 0) is 30.4 Å². The lowest BCUT2D eigenvalue weighted by Crippen LogP contribution is -2.34. The average molecular weight is 255 g/mol. The van der Waals surface area contributed by atoms with E-state index in [9.17, 15) is 9.90 Å². The van der Waals surface area contributed by atoms with Gasteiger partial charge in [0, 0.05) is 5.88 Å². The Bertz CT molecular complexity index is 384. The molecule has 1 atom stereocenters. The van der Waals surface area contributed by atoms with Gasteiger partial charge >= 0.3 is 5.97 Å². The van der Waals surface area contributed by atoms with E-state index >= 15 is 0 Å². The van der Waals surface area contributed by atoms with Crippen molar-refractivity contribution in [2.75, 3.05) is 5.88 Å². The summed E-state index contributed by atoms with van der Waals surface area (Å²) in [5, 5.41) is 9.22. The molecule has 0 aliphatic carbocycles. The maximum absolute atomic E-state index is 11.2. The lowest BCUT2D eigenvalue weighted by molar-refractivity contribution is -0.142. The Morgan fingerprint density at radius 1 is 1.35 bits per heavy atom. The van der Waals surface area contributed by atoms with Crippen LogP contribution in [-0.4, -0.2) is 17.0 Å². The molecule has 1 unspecified atom stereocenters. The van der Waals surface area contributed by atoms with E-state index < -0.39 is 11.4 Å². The molecule has 0 radical (unpaired) electrons. The van der Waals surface area contributed by atoms with Gasteiger partial charge in [0.1, 0.15) is 5.41 Å². The fraction of sp³-hybridized carbons (Fsp3) is 0.500. The number of rotatable bonds is 5. The summed E-state index contributed by atoms with van der Waals surface area (Å²) in [6.45, 7) is 5.97. The van der Waals surface area contributed by atoms with Crippen LogP contribution in [0.5, 0.6) is 0 Å². The molecule has 0 amide bonds. The van der Waals surface area contributed by atoms with Crippen molar-refractivity contribution in [1.29, 1.82) is 0 Å². The highest BCUT2D eigenvalue weighted by Crippen LogP contribution is 2.26. The van der Waals surface area contributed by atoms with Crippen molar-refractivity contribution in [2.45, 2.75) is 32.6 Å². The van der Waals surface area contributed by atoms with Crippen molar-refractivity contribution < 1.29 is 9.90 Å². The molecular weight excluding hydrogens is 236 g/mol. The fourth-order valence-corrected chi connectivity index (χ4v) is 2.01. The standard InChI is InChI=1S/C14H19ClO2/c1-10(2)8-11-4-6-12(7-5-11)14(3,9-15)13(16)17/h4-7,10H,8-9H2,1-3H3,(H,16,17). The Hall–Kier alpha value is -1.02. The zero-order valence-electron chi connectivity index (χ0n) is 10.5. The van der Waals surface area contributed by atoms with Crippen molar-refractivity contribution >= 4 is 17.6 Å². The van der Waals surface area contributed by atoms with E-state index in [0.29, 0.717) is 5.92 Å². The number of carboxylic acid groups (broad SMARTS) is 1. The molecule has 0 bridgehead atoms. The molecule has 0 saturated carbocycles. The topological polar surface area (TPSA) is 37.3 Å². The van der Waals surface area contributed by atoms with E-state index in [1.54, 1.807) is 6.92 Å². The maximum Gasteiger partial charge on any atom is 0.315 e. The minimum atomic E-state index is -1.00. The number of carbonyl (C=O) groups is 1. The summed E-state index contributed by atoms with van der Waals surface area (Å²) in [5.74, 6) is -0.213. The van der Waals surface area contributed by atoms with Gasteiger partial charge in [-0.25, -0.2) is 0 Å². The molecule has 1 aromatic carbocycles. The van der Waals surface area contributed by atoms with Crippen LogP contribution >= 0.6 is 11.6 Å². The number of hydrogen-bond acceptors (Lipinski definition) is 1. The van der Waals surface area contributed by atoms with Crippen LogP contribution in [0.4, 0.5) is 0 Å². The minimum absolute atomic E-state index is 0.0753. The molecule has 17 heavy (non-hydrogen) atoms. The van der Waals surface area contributed by atoms with Gasteiger partial charge in [-0.1, -0.05) is 38.1 Å². The van der Waals surface area contributed by atoms with Crippen LogP contribution in [0.25, 0.3) is 0 Å². The summed E-state index contributed by atoms with van der Waals surface area (Å²) < 4.78 is 0. The summed E-state index contributed by atoms with van der Waals surface area (Å²) in [5.41, 5.74) is 0.983. The molecule has 0 saturated heterocycles. The van der Waals surface area contributed by atoms with Gasteiger partial charge in [0.05, 0.1) is 0 Å². The van der Waals surface area contributed by atoms with Crippen LogP contribution in [0, 0.1) is 5.92 Å². The van der Waals surface area contributed by atoms with Gasteiger partial charge in [0.2, 0.25) is 0 Å². The predicted octanol–water partition coefficient (Wildman–Crippen LogP) is 3.47. The highest BCUT2D eigenvalue weighted by atomic mass is 35.5. The van der Waals surface area contributed by atoms with Gasteiger partial charge in [0.25, 0.3) is 0 Å².